The summed E-state index contributed by atoms with van der Waals surface area (Å²) < 4.78 is 0. The minimum Gasteiger partial charge on any atom is -0.350 e. The van der Waals surface area contributed by atoms with Gasteiger partial charge in [-0.25, -0.2) is 0 Å². The van der Waals surface area contributed by atoms with E-state index in [2.05, 4.69) is 10.3 Å². The van der Waals surface area contributed by atoms with E-state index >= 15 is 0 Å². The molecule has 2 heterocycles. The number of aryl methyl sites for hydroxylation is 1. The highest BCUT2D eigenvalue weighted by Crippen LogP contribution is 2.31. The third-order valence-corrected chi connectivity index (χ3v) is 5.76. The highest BCUT2D eigenvalue weighted by atomic mass is 35.5. The zero-order valence-corrected chi connectivity index (χ0v) is 15.5. The fourth-order valence-electron chi connectivity index (χ4n) is 3.46. The number of imide groups is 1. The number of halogens is 1. The Hall–Kier alpha value is -2.12. The molecule has 3 amide bonds. The number of rotatable bonds is 4. The topological polar surface area (TPSA) is 79.4 Å². The summed E-state index contributed by atoms with van der Waals surface area (Å²) in [5.41, 5.74) is 3.30. The van der Waals surface area contributed by atoms with E-state index in [4.69, 9.17) is 11.6 Å². The van der Waals surface area contributed by atoms with Gasteiger partial charge in [-0.3, -0.25) is 24.3 Å². The summed E-state index contributed by atoms with van der Waals surface area (Å²) in [4.78, 5) is 42.0. The minimum atomic E-state index is -0.258. The Morgan fingerprint density at radius 1 is 1.31 bits per heavy atom. The molecule has 26 heavy (non-hydrogen) atoms. The first-order chi connectivity index (χ1) is 12.5. The fraction of sp³-hybridized carbons (Fsp3) is 0.333. The third-order valence-electron chi connectivity index (χ3n) is 4.66. The zero-order valence-electron chi connectivity index (χ0n) is 13.9. The van der Waals surface area contributed by atoms with Crippen LogP contribution < -0.4 is 5.32 Å². The largest absolute Gasteiger partial charge is 0.350 e. The van der Waals surface area contributed by atoms with Gasteiger partial charge in [0.05, 0.1) is 16.8 Å². The van der Waals surface area contributed by atoms with E-state index in [0.29, 0.717) is 10.6 Å². The Bertz CT molecular complexity index is 931. The lowest BCUT2D eigenvalue weighted by atomic mass is 10.0. The van der Waals surface area contributed by atoms with Gasteiger partial charge in [0.1, 0.15) is 0 Å². The first-order valence-electron chi connectivity index (χ1n) is 8.41. The van der Waals surface area contributed by atoms with Crippen molar-refractivity contribution < 1.29 is 14.4 Å². The molecule has 0 bridgehead atoms. The fourth-order valence-corrected chi connectivity index (χ4v) is 4.38. The average molecular weight is 390 g/mol. The lowest BCUT2D eigenvalue weighted by Crippen LogP contribution is -2.37. The Balaban J connectivity index is 1.59. The number of carbonyl (C=O) groups is 3. The summed E-state index contributed by atoms with van der Waals surface area (Å²) in [6.45, 7) is 0.401. The predicted octanol–water partition coefficient (Wildman–Crippen LogP) is 2.80. The highest BCUT2D eigenvalue weighted by Gasteiger charge is 2.30. The van der Waals surface area contributed by atoms with Gasteiger partial charge in [0.25, 0.3) is 11.1 Å². The molecule has 134 valence electrons. The van der Waals surface area contributed by atoms with Gasteiger partial charge in [-0.2, -0.15) is 0 Å². The number of pyridine rings is 1. The van der Waals surface area contributed by atoms with E-state index in [1.54, 1.807) is 12.1 Å². The number of thioether (sulfide) groups is 1. The summed E-state index contributed by atoms with van der Waals surface area (Å²) in [5.74, 6) is -0.255. The molecule has 1 aromatic carbocycles. The molecule has 1 N–H and O–H groups in total. The van der Waals surface area contributed by atoms with Crippen molar-refractivity contribution in [1.82, 2.24) is 15.2 Å². The molecule has 0 saturated carbocycles. The number of nitrogens with zero attached hydrogens (tertiary/aromatic N) is 2. The molecule has 1 aliphatic heterocycles. The highest BCUT2D eigenvalue weighted by molar-refractivity contribution is 8.14. The summed E-state index contributed by atoms with van der Waals surface area (Å²) >= 11 is 7.12. The number of amides is 3. The van der Waals surface area contributed by atoms with Crippen LogP contribution in [-0.4, -0.2) is 45.8 Å². The molecule has 2 aromatic rings. The normalized spacial score (nSPS) is 16.4. The standard InChI is InChI=1S/C18H16ClN3O3S/c19-10-4-5-14-12(8-10)16(11-2-1-3-13(11)21-14)17(24)20-6-7-22-15(23)9-26-18(22)25/h4-5,8H,1-3,6-7,9H2,(H,20,24). The molecule has 0 unspecified atom stereocenters. The zero-order chi connectivity index (χ0) is 18.3. The molecule has 8 heteroatoms. The SMILES string of the molecule is O=C(NCCN1C(=O)CSC1=O)c1c2c(nc3ccc(Cl)cc13)CCC2. The lowest BCUT2D eigenvalue weighted by Gasteiger charge is -2.15. The summed E-state index contributed by atoms with van der Waals surface area (Å²) in [5, 5.41) is 3.87. The number of benzene rings is 1. The predicted molar refractivity (Wildman–Crippen MR) is 101 cm³/mol. The van der Waals surface area contributed by atoms with Crippen LogP contribution in [0, 0.1) is 0 Å². The first-order valence-corrected chi connectivity index (χ1v) is 9.77. The van der Waals surface area contributed by atoms with E-state index < -0.39 is 0 Å². The van der Waals surface area contributed by atoms with Crippen LogP contribution in [0.25, 0.3) is 10.9 Å². The van der Waals surface area contributed by atoms with Crippen LogP contribution in [0.4, 0.5) is 4.79 Å². The maximum Gasteiger partial charge on any atom is 0.288 e. The number of hydrogen-bond donors (Lipinski definition) is 1. The number of nitrogens with one attached hydrogen (secondary N) is 1. The van der Waals surface area contributed by atoms with Gasteiger partial charge < -0.3 is 5.32 Å². The molecular formula is C18H16ClN3O3S. The number of fused-ring (bicyclic) bond motifs is 2. The van der Waals surface area contributed by atoms with Crippen LogP contribution in [0.1, 0.15) is 28.0 Å². The van der Waals surface area contributed by atoms with Crippen molar-refractivity contribution in [3.63, 3.8) is 0 Å². The van der Waals surface area contributed by atoms with Crippen LogP contribution in [0.2, 0.25) is 5.02 Å². The van der Waals surface area contributed by atoms with E-state index in [1.165, 1.54) is 4.90 Å². The van der Waals surface area contributed by atoms with Crippen molar-refractivity contribution in [1.29, 1.82) is 0 Å². The summed E-state index contributed by atoms with van der Waals surface area (Å²) in [7, 11) is 0. The van der Waals surface area contributed by atoms with E-state index in [9.17, 15) is 14.4 Å². The summed E-state index contributed by atoms with van der Waals surface area (Å²) in [6, 6.07) is 5.36. The average Bonchev–Trinajstić information content (AvgIpc) is 3.20. The second-order valence-corrected chi connectivity index (χ2v) is 7.65. The molecule has 4 rings (SSSR count). The molecule has 0 radical (unpaired) electrons. The van der Waals surface area contributed by atoms with Crippen molar-refractivity contribution in [2.24, 2.45) is 0 Å². The van der Waals surface area contributed by atoms with Crippen LogP contribution in [0.15, 0.2) is 18.2 Å². The van der Waals surface area contributed by atoms with Crippen molar-refractivity contribution >= 4 is 51.3 Å². The molecule has 2 aliphatic rings. The smallest absolute Gasteiger partial charge is 0.288 e. The van der Waals surface area contributed by atoms with Crippen LogP contribution in [-0.2, 0) is 17.6 Å². The molecule has 0 atom stereocenters. The van der Waals surface area contributed by atoms with E-state index in [1.807, 2.05) is 6.07 Å². The maximum atomic E-state index is 12.9. The van der Waals surface area contributed by atoms with Crippen molar-refractivity contribution in [3.8, 4) is 0 Å². The Labute approximate surface area is 159 Å². The van der Waals surface area contributed by atoms with Crippen LogP contribution in [0.3, 0.4) is 0 Å². The molecular weight excluding hydrogens is 374 g/mol. The van der Waals surface area contributed by atoms with Gasteiger partial charge in [-0.05, 0) is 43.0 Å². The molecule has 1 aromatic heterocycles. The van der Waals surface area contributed by atoms with Crippen LogP contribution >= 0.6 is 23.4 Å². The Morgan fingerprint density at radius 2 is 2.15 bits per heavy atom. The van der Waals surface area contributed by atoms with Crippen LogP contribution in [0.5, 0.6) is 0 Å². The van der Waals surface area contributed by atoms with Gasteiger partial charge in [-0.1, -0.05) is 23.4 Å². The molecule has 0 spiro atoms. The molecule has 1 aliphatic carbocycles. The molecule has 1 fully saturated rings. The van der Waals surface area contributed by atoms with E-state index in [-0.39, 0.29) is 35.9 Å². The van der Waals surface area contributed by atoms with Crippen molar-refractivity contribution in [2.45, 2.75) is 19.3 Å². The molecule has 1 saturated heterocycles. The number of carbonyl (C=O) groups excluding carboxylic acids is 3. The number of aromatic nitrogens is 1. The Morgan fingerprint density at radius 3 is 2.92 bits per heavy atom. The first kappa shape index (κ1) is 17.3. The van der Waals surface area contributed by atoms with Gasteiger partial charge in [0.15, 0.2) is 0 Å². The second-order valence-electron chi connectivity index (χ2n) is 6.28. The van der Waals surface area contributed by atoms with Gasteiger partial charge in [-0.15, -0.1) is 0 Å². The van der Waals surface area contributed by atoms with Crippen molar-refractivity contribution in [3.05, 3.63) is 40.0 Å². The van der Waals surface area contributed by atoms with Gasteiger partial charge in [0.2, 0.25) is 5.91 Å². The van der Waals surface area contributed by atoms with Gasteiger partial charge in [0, 0.05) is 29.2 Å². The third kappa shape index (κ3) is 3.05. The quantitative estimate of drug-likeness (QED) is 0.869. The Kier molecular flexibility index (Phi) is 4.58. The van der Waals surface area contributed by atoms with Crippen molar-refractivity contribution in [2.75, 3.05) is 18.8 Å². The monoisotopic (exact) mass is 389 g/mol. The summed E-state index contributed by atoms with van der Waals surface area (Å²) in [6.07, 6.45) is 2.65. The minimum absolute atomic E-state index is 0.174. The second kappa shape index (κ2) is 6.89. The van der Waals surface area contributed by atoms with E-state index in [0.717, 1.165) is 53.2 Å². The molecule has 6 nitrogen and oxygen atoms in total. The van der Waals surface area contributed by atoms with Gasteiger partial charge >= 0.3 is 0 Å². The lowest BCUT2D eigenvalue weighted by molar-refractivity contribution is -0.124. The number of hydrogen-bond acceptors (Lipinski definition) is 5. The maximum absolute atomic E-state index is 12.9.